The van der Waals surface area contributed by atoms with Crippen molar-refractivity contribution in [3.05, 3.63) is 59.4 Å². The third-order valence-electron chi connectivity index (χ3n) is 5.65. The van der Waals surface area contributed by atoms with E-state index >= 15 is 0 Å². The summed E-state index contributed by atoms with van der Waals surface area (Å²) in [4.78, 5) is 12.8. The molecule has 0 amide bonds. The molecule has 0 atom stereocenters. The first-order chi connectivity index (χ1) is 15.9. The van der Waals surface area contributed by atoms with E-state index in [1.807, 2.05) is 12.1 Å². The van der Waals surface area contributed by atoms with E-state index in [9.17, 15) is 17.9 Å². The molecule has 0 bridgehead atoms. The van der Waals surface area contributed by atoms with E-state index in [0.717, 1.165) is 0 Å². The summed E-state index contributed by atoms with van der Waals surface area (Å²) in [6.45, 7) is 1.95. The van der Waals surface area contributed by atoms with Gasteiger partial charge in [0.15, 0.2) is 5.88 Å². The lowest BCUT2D eigenvalue weighted by molar-refractivity contribution is 0.160. The number of nitrogens with one attached hydrogen (secondary N) is 2. The molecule has 180 valence electrons. The van der Waals surface area contributed by atoms with Crippen molar-refractivity contribution in [2.24, 2.45) is 10.1 Å². The summed E-state index contributed by atoms with van der Waals surface area (Å²) in [5, 5.41) is 18.3. The second-order valence-electron chi connectivity index (χ2n) is 7.75. The number of para-hydroxylation sites is 1. The number of piperazine rings is 1. The molecule has 2 aliphatic heterocycles. The number of rotatable bonds is 6. The van der Waals surface area contributed by atoms with Crippen LogP contribution in [0.5, 0.6) is 5.88 Å². The Bertz CT molecular complexity index is 1380. The summed E-state index contributed by atoms with van der Waals surface area (Å²) in [5.74, 6) is -0.829. The number of fused-ring (bicyclic) bond motifs is 2. The molecule has 2 aromatic carbocycles. The molecule has 2 aliphatic rings. The molecule has 0 radical (unpaired) electrons. The SMILES string of the molecule is Cl.O=S(=O)(CCO/N=C1/C(c2c(O)[nH]c3ccc(F)cc23)=Nc2ccccc21)N1CCNCC1. The molecule has 1 fully saturated rings. The fourth-order valence-electron chi connectivity index (χ4n) is 4.03. The van der Waals surface area contributed by atoms with Crippen molar-refractivity contribution >= 4 is 50.4 Å². The zero-order valence-electron chi connectivity index (χ0n) is 18.0. The van der Waals surface area contributed by atoms with Crippen LogP contribution in [0.3, 0.4) is 0 Å². The standard InChI is InChI=1S/C22H22FN5O4S.ClH/c23-14-5-6-18-16(13-14)19(22(29)26-18)21-20(15-3-1-2-4-17(15)25-21)27-32-11-12-33(30,31)28-9-7-24-8-10-28;/h1-6,13,24,26,29H,7-12H2;1H/b27-20+;. The van der Waals surface area contributed by atoms with E-state index in [0.29, 0.717) is 65.3 Å². The van der Waals surface area contributed by atoms with E-state index in [1.54, 1.807) is 12.1 Å². The molecule has 0 aliphatic carbocycles. The molecular weight excluding hydrogens is 485 g/mol. The van der Waals surface area contributed by atoms with Gasteiger partial charge in [-0.1, -0.05) is 23.4 Å². The maximum Gasteiger partial charge on any atom is 0.217 e. The lowest BCUT2D eigenvalue weighted by Crippen LogP contribution is -2.47. The predicted octanol–water partition coefficient (Wildman–Crippen LogP) is 2.52. The van der Waals surface area contributed by atoms with Gasteiger partial charge in [0, 0.05) is 42.6 Å². The van der Waals surface area contributed by atoms with Gasteiger partial charge in [-0.2, -0.15) is 4.31 Å². The minimum Gasteiger partial charge on any atom is -0.494 e. The molecule has 1 aromatic heterocycles. The van der Waals surface area contributed by atoms with Crippen molar-refractivity contribution in [3.63, 3.8) is 0 Å². The van der Waals surface area contributed by atoms with Gasteiger partial charge in [-0.05, 0) is 24.3 Å². The first kappa shape index (κ1) is 24.1. The van der Waals surface area contributed by atoms with Gasteiger partial charge in [0.1, 0.15) is 29.6 Å². The molecule has 34 heavy (non-hydrogen) atoms. The smallest absolute Gasteiger partial charge is 0.217 e. The minimum atomic E-state index is -3.45. The Hall–Kier alpha value is -2.99. The van der Waals surface area contributed by atoms with Gasteiger partial charge >= 0.3 is 0 Å². The largest absolute Gasteiger partial charge is 0.494 e. The number of halogens is 2. The van der Waals surface area contributed by atoms with Gasteiger partial charge in [0.25, 0.3) is 0 Å². The lowest BCUT2D eigenvalue weighted by atomic mass is 10.0. The Morgan fingerprint density at radius 3 is 2.74 bits per heavy atom. The average molecular weight is 508 g/mol. The molecule has 3 aromatic rings. The van der Waals surface area contributed by atoms with Crippen molar-refractivity contribution in [2.45, 2.75) is 0 Å². The molecule has 9 nitrogen and oxygen atoms in total. The second-order valence-corrected chi connectivity index (χ2v) is 9.84. The number of benzene rings is 2. The van der Waals surface area contributed by atoms with Crippen molar-refractivity contribution in [2.75, 3.05) is 38.5 Å². The van der Waals surface area contributed by atoms with Crippen LogP contribution in [0.15, 0.2) is 52.6 Å². The number of aromatic nitrogens is 1. The Morgan fingerprint density at radius 1 is 1.18 bits per heavy atom. The zero-order chi connectivity index (χ0) is 23.0. The summed E-state index contributed by atoms with van der Waals surface area (Å²) in [6, 6.07) is 11.4. The molecule has 3 N–H and O–H groups in total. The first-order valence-electron chi connectivity index (χ1n) is 10.5. The summed E-state index contributed by atoms with van der Waals surface area (Å²) >= 11 is 0. The van der Waals surface area contributed by atoms with Crippen LogP contribution in [0.4, 0.5) is 10.1 Å². The third-order valence-corrected chi connectivity index (χ3v) is 7.49. The Labute approximate surface area is 201 Å². The lowest BCUT2D eigenvalue weighted by Gasteiger charge is -2.26. The van der Waals surface area contributed by atoms with Gasteiger partial charge in [0.2, 0.25) is 10.0 Å². The fourth-order valence-corrected chi connectivity index (χ4v) is 5.32. The molecule has 12 heteroatoms. The van der Waals surface area contributed by atoms with Crippen LogP contribution in [-0.2, 0) is 14.9 Å². The van der Waals surface area contributed by atoms with Crippen LogP contribution in [-0.4, -0.2) is 72.8 Å². The molecule has 0 saturated carbocycles. The number of H-pyrrole nitrogens is 1. The fraction of sp³-hybridized carbons (Fsp3) is 0.273. The van der Waals surface area contributed by atoms with Gasteiger partial charge in [-0.3, -0.25) is 0 Å². The Morgan fingerprint density at radius 2 is 1.94 bits per heavy atom. The summed E-state index contributed by atoms with van der Waals surface area (Å²) in [7, 11) is -3.45. The highest BCUT2D eigenvalue weighted by Gasteiger charge is 2.30. The van der Waals surface area contributed by atoms with E-state index in [4.69, 9.17) is 4.84 Å². The van der Waals surface area contributed by atoms with Crippen molar-refractivity contribution in [1.29, 1.82) is 0 Å². The average Bonchev–Trinajstić information content (AvgIpc) is 3.33. The molecule has 0 spiro atoms. The van der Waals surface area contributed by atoms with E-state index in [1.165, 1.54) is 22.5 Å². The summed E-state index contributed by atoms with van der Waals surface area (Å²) in [6.07, 6.45) is 0. The third kappa shape index (κ3) is 4.51. The van der Waals surface area contributed by atoms with E-state index < -0.39 is 15.8 Å². The van der Waals surface area contributed by atoms with Gasteiger partial charge in [-0.25, -0.2) is 17.8 Å². The van der Waals surface area contributed by atoms with Crippen molar-refractivity contribution in [3.8, 4) is 5.88 Å². The van der Waals surface area contributed by atoms with Crippen LogP contribution < -0.4 is 5.32 Å². The molecule has 5 rings (SSSR count). The number of hydrogen-bond donors (Lipinski definition) is 3. The molecule has 0 unspecified atom stereocenters. The number of oxime groups is 1. The maximum atomic E-state index is 13.9. The molecule has 3 heterocycles. The predicted molar refractivity (Wildman–Crippen MR) is 131 cm³/mol. The number of nitrogens with zero attached hydrogens (tertiary/aromatic N) is 3. The number of sulfonamides is 1. The van der Waals surface area contributed by atoms with Crippen molar-refractivity contribution < 1.29 is 22.8 Å². The normalized spacial score (nSPS) is 17.4. The van der Waals surface area contributed by atoms with E-state index in [2.05, 4.69) is 20.4 Å². The number of aromatic hydroxyl groups is 1. The second kappa shape index (κ2) is 9.71. The van der Waals surface area contributed by atoms with Crippen LogP contribution in [0.25, 0.3) is 10.9 Å². The number of aliphatic imine (C=N–C) groups is 1. The Kier molecular flexibility index (Phi) is 6.89. The maximum absolute atomic E-state index is 13.9. The topological polar surface area (TPSA) is 119 Å². The van der Waals surface area contributed by atoms with Crippen LogP contribution in [0.2, 0.25) is 0 Å². The molecule has 1 saturated heterocycles. The quantitative estimate of drug-likeness (QED) is 0.350. The van der Waals surface area contributed by atoms with E-state index in [-0.39, 0.29) is 30.6 Å². The van der Waals surface area contributed by atoms with Crippen LogP contribution >= 0.6 is 12.4 Å². The zero-order valence-corrected chi connectivity index (χ0v) is 19.6. The first-order valence-corrected chi connectivity index (χ1v) is 12.1. The highest BCUT2D eigenvalue weighted by molar-refractivity contribution is 7.89. The monoisotopic (exact) mass is 507 g/mol. The minimum absolute atomic E-state index is 0. The highest BCUT2D eigenvalue weighted by Crippen LogP contribution is 2.35. The van der Waals surface area contributed by atoms with Crippen molar-refractivity contribution in [1.82, 2.24) is 14.6 Å². The van der Waals surface area contributed by atoms with Gasteiger partial charge in [0.05, 0.1) is 11.3 Å². The number of aromatic amines is 1. The number of hydrogen-bond acceptors (Lipinski definition) is 7. The molecular formula is C22H23ClFN5O4S. The van der Waals surface area contributed by atoms with Crippen LogP contribution in [0, 0.1) is 5.82 Å². The van der Waals surface area contributed by atoms with Gasteiger partial charge in [-0.15, -0.1) is 12.4 Å². The van der Waals surface area contributed by atoms with Crippen LogP contribution in [0.1, 0.15) is 11.1 Å². The van der Waals surface area contributed by atoms with Gasteiger partial charge < -0.3 is 20.2 Å². The summed E-state index contributed by atoms with van der Waals surface area (Å²) < 4.78 is 40.4. The summed E-state index contributed by atoms with van der Waals surface area (Å²) in [5.41, 5.74) is 2.79. The highest BCUT2D eigenvalue weighted by atomic mass is 35.5. The Balaban J connectivity index is 0.00000274.